The fourth-order valence-electron chi connectivity index (χ4n) is 1.82. The number of hydrogen-bond acceptors (Lipinski definition) is 4. The first-order valence-corrected chi connectivity index (χ1v) is 7.07. The van der Waals surface area contributed by atoms with Gasteiger partial charge in [-0.1, -0.05) is 36.4 Å². The molecule has 1 N–H and O–H groups in total. The van der Waals surface area contributed by atoms with Gasteiger partial charge >= 0.3 is 5.97 Å². The van der Waals surface area contributed by atoms with Crippen LogP contribution in [0.4, 0.5) is 0 Å². The summed E-state index contributed by atoms with van der Waals surface area (Å²) in [5.74, 6) is -0.272. The van der Waals surface area contributed by atoms with E-state index in [0.717, 1.165) is 5.56 Å². The average molecular weight is 275 g/mol. The van der Waals surface area contributed by atoms with E-state index in [-0.39, 0.29) is 18.1 Å². The van der Waals surface area contributed by atoms with Crippen molar-refractivity contribution in [2.75, 3.05) is 7.05 Å². The highest BCUT2D eigenvalue weighted by atomic mass is 32.1. The van der Waals surface area contributed by atoms with E-state index in [2.05, 4.69) is 5.32 Å². The van der Waals surface area contributed by atoms with E-state index >= 15 is 0 Å². The second-order valence-corrected chi connectivity index (χ2v) is 5.24. The second-order valence-electron chi connectivity index (χ2n) is 4.29. The van der Waals surface area contributed by atoms with Crippen LogP contribution in [0.25, 0.3) is 0 Å². The van der Waals surface area contributed by atoms with Gasteiger partial charge in [-0.05, 0) is 31.0 Å². The molecule has 0 saturated heterocycles. The van der Waals surface area contributed by atoms with Crippen LogP contribution in [-0.4, -0.2) is 19.1 Å². The lowest BCUT2D eigenvalue weighted by Gasteiger charge is -2.24. The molecule has 0 saturated carbocycles. The van der Waals surface area contributed by atoms with E-state index < -0.39 is 0 Å². The molecule has 0 amide bonds. The third-order valence-corrected chi connectivity index (χ3v) is 3.84. The fraction of sp³-hybridized carbons (Fsp3) is 0.267. The van der Waals surface area contributed by atoms with Crippen LogP contribution in [0.1, 0.15) is 28.3 Å². The van der Waals surface area contributed by atoms with Gasteiger partial charge in [0.15, 0.2) is 0 Å². The summed E-state index contributed by atoms with van der Waals surface area (Å²) in [7, 11) is 1.86. The van der Waals surface area contributed by atoms with Crippen molar-refractivity contribution in [3.8, 4) is 0 Å². The van der Waals surface area contributed by atoms with Crippen molar-refractivity contribution in [2.24, 2.45) is 0 Å². The molecule has 4 heteroatoms. The van der Waals surface area contributed by atoms with Gasteiger partial charge in [0.25, 0.3) is 0 Å². The van der Waals surface area contributed by atoms with Crippen molar-refractivity contribution in [1.29, 1.82) is 0 Å². The molecule has 1 aromatic heterocycles. The standard InChI is InChI=1S/C15H17NO2S/c1-11(16-2)14(12-7-4-3-5-8-12)18-15(17)13-9-6-10-19-13/h3-11,14,16H,1-2H3/t11-,14+/m1/s1. The molecule has 3 nitrogen and oxygen atoms in total. The van der Waals surface area contributed by atoms with Crippen molar-refractivity contribution >= 4 is 17.3 Å². The highest BCUT2D eigenvalue weighted by Crippen LogP contribution is 2.23. The predicted octanol–water partition coefficient (Wildman–Crippen LogP) is 3.25. The Labute approximate surface area is 117 Å². The van der Waals surface area contributed by atoms with Gasteiger partial charge in [0.1, 0.15) is 11.0 Å². The maximum atomic E-state index is 12.1. The molecule has 1 aromatic carbocycles. The summed E-state index contributed by atoms with van der Waals surface area (Å²) in [6, 6.07) is 13.5. The number of likely N-dealkylation sites (N-methyl/N-ethyl adjacent to an activating group) is 1. The molecule has 1 heterocycles. The Balaban J connectivity index is 2.17. The Kier molecular flexibility index (Phi) is 4.71. The minimum atomic E-state index is -0.291. The van der Waals surface area contributed by atoms with Crippen molar-refractivity contribution in [2.45, 2.75) is 19.1 Å². The Morgan fingerprint density at radius 1 is 1.21 bits per heavy atom. The number of ether oxygens (including phenoxy) is 1. The summed E-state index contributed by atoms with van der Waals surface area (Å²) in [5.41, 5.74) is 0.995. The maximum Gasteiger partial charge on any atom is 0.348 e. The number of nitrogens with one attached hydrogen (secondary N) is 1. The van der Waals surface area contributed by atoms with Gasteiger partial charge in [-0.2, -0.15) is 0 Å². The minimum absolute atomic E-state index is 0.0475. The van der Waals surface area contributed by atoms with E-state index in [0.29, 0.717) is 4.88 Å². The number of hydrogen-bond donors (Lipinski definition) is 1. The zero-order valence-corrected chi connectivity index (χ0v) is 11.8. The first kappa shape index (κ1) is 13.8. The molecule has 0 spiro atoms. The van der Waals surface area contributed by atoms with Crippen molar-refractivity contribution < 1.29 is 9.53 Å². The number of benzene rings is 1. The second kappa shape index (κ2) is 6.50. The summed E-state index contributed by atoms with van der Waals surface area (Å²) < 4.78 is 5.64. The first-order chi connectivity index (χ1) is 9.22. The molecule has 0 unspecified atom stereocenters. The van der Waals surface area contributed by atoms with Crippen LogP contribution in [-0.2, 0) is 4.74 Å². The molecule has 2 aromatic rings. The number of esters is 1. The molecule has 2 atom stereocenters. The van der Waals surface area contributed by atoms with Crippen LogP contribution < -0.4 is 5.32 Å². The molecule has 0 radical (unpaired) electrons. The lowest BCUT2D eigenvalue weighted by atomic mass is 10.0. The number of carbonyl (C=O) groups is 1. The quantitative estimate of drug-likeness (QED) is 0.851. The summed E-state index contributed by atoms with van der Waals surface area (Å²) >= 11 is 1.39. The molecule has 2 rings (SSSR count). The number of carbonyl (C=O) groups excluding carboxylic acids is 1. The zero-order valence-electron chi connectivity index (χ0n) is 11.0. The molecule has 19 heavy (non-hydrogen) atoms. The molecular weight excluding hydrogens is 258 g/mol. The monoisotopic (exact) mass is 275 g/mol. The SMILES string of the molecule is CN[C@H](C)[C@H](OC(=O)c1cccs1)c1ccccc1. The lowest BCUT2D eigenvalue weighted by Crippen LogP contribution is -2.32. The van der Waals surface area contributed by atoms with E-state index in [1.54, 1.807) is 6.07 Å². The largest absolute Gasteiger partial charge is 0.452 e. The van der Waals surface area contributed by atoms with Crippen LogP contribution in [0.5, 0.6) is 0 Å². The van der Waals surface area contributed by atoms with Gasteiger partial charge in [0, 0.05) is 6.04 Å². The predicted molar refractivity (Wildman–Crippen MR) is 77.4 cm³/mol. The van der Waals surface area contributed by atoms with E-state index in [9.17, 15) is 4.79 Å². The normalized spacial score (nSPS) is 13.8. The number of rotatable bonds is 5. The fourth-order valence-corrected chi connectivity index (χ4v) is 2.43. The van der Waals surface area contributed by atoms with Gasteiger partial charge in [-0.3, -0.25) is 0 Å². The molecule has 0 bridgehead atoms. The summed E-state index contributed by atoms with van der Waals surface area (Å²) in [6.07, 6.45) is -0.291. The average Bonchev–Trinajstić information content (AvgIpc) is 2.99. The Bertz CT molecular complexity index is 510. The Hall–Kier alpha value is -1.65. The zero-order chi connectivity index (χ0) is 13.7. The topological polar surface area (TPSA) is 38.3 Å². The molecule has 0 fully saturated rings. The summed E-state index contributed by atoms with van der Waals surface area (Å²) in [6.45, 7) is 2.00. The van der Waals surface area contributed by atoms with Crippen LogP contribution >= 0.6 is 11.3 Å². The highest BCUT2D eigenvalue weighted by Gasteiger charge is 2.23. The van der Waals surface area contributed by atoms with E-state index in [1.165, 1.54) is 11.3 Å². The summed E-state index contributed by atoms with van der Waals surface area (Å²) in [4.78, 5) is 12.7. The van der Waals surface area contributed by atoms with Gasteiger partial charge in [0.2, 0.25) is 0 Å². The third-order valence-electron chi connectivity index (χ3n) is 2.99. The maximum absolute atomic E-state index is 12.1. The van der Waals surface area contributed by atoms with Crippen LogP contribution in [0.15, 0.2) is 47.8 Å². The molecule has 100 valence electrons. The first-order valence-electron chi connectivity index (χ1n) is 6.19. The molecule has 0 aliphatic heterocycles. The molecular formula is C15H17NO2S. The third kappa shape index (κ3) is 3.43. The van der Waals surface area contributed by atoms with E-state index in [1.807, 2.05) is 55.7 Å². The van der Waals surface area contributed by atoms with Crippen LogP contribution in [0.3, 0.4) is 0 Å². The van der Waals surface area contributed by atoms with Crippen molar-refractivity contribution in [1.82, 2.24) is 5.32 Å². The van der Waals surface area contributed by atoms with Crippen molar-refractivity contribution in [3.63, 3.8) is 0 Å². The highest BCUT2D eigenvalue weighted by molar-refractivity contribution is 7.11. The Morgan fingerprint density at radius 3 is 2.53 bits per heavy atom. The van der Waals surface area contributed by atoms with Crippen LogP contribution in [0.2, 0.25) is 0 Å². The van der Waals surface area contributed by atoms with Crippen molar-refractivity contribution in [3.05, 3.63) is 58.3 Å². The van der Waals surface area contributed by atoms with Gasteiger partial charge in [0.05, 0.1) is 0 Å². The van der Waals surface area contributed by atoms with Crippen LogP contribution in [0, 0.1) is 0 Å². The molecule has 0 aliphatic rings. The van der Waals surface area contributed by atoms with E-state index in [4.69, 9.17) is 4.74 Å². The summed E-state index contributed by atoms with van der Waals surface area (Å²) in [5, 5.41) is 5.01. The Morgan fingerprint density at radius 2 is 1.95 bits per heavy atom. The van der Waals surface area contributed by atoms with Gasteiger partial charge < -0.3 is 10.1 Å². The molecule has 0 aliphatic carbocycles. The smallest absolute Gasteiger partial charge is 0.348 e. The van der Waals surface area contributed by atoms with Gasteiger partial charge in [-0.15, -0.1) is 11.3 Å². The van der Waals surface area contributed by atoms with Gasteiger partial charge in [-0.25, -0.2) is 4.79 Å². The minimum Gasteiger partial charge on any atom is -0.452 e. The number of thiophene rings is 1. The lowest BCUT2D eigenvalue weighted by molar-refractivity contribution is 0.0225.